The van der Waals surface area contributed by atoms with Gasteiger partial charge in [0.1, 0.15) is 4.11 Å². The lowest BCUT2D eigenvalue weighted by Gasteiger charge is -2.19. The summed E-state index contributed by atoms with van der Waals surface area (Å²) in [7, 11) is 2.20. The SMILES string of the molecule is CN1CCC2(COC(I)C2)C1. The van der Waals surface area contributed by atoms with Crippen LogP contribution >= 0.6 is 22.6 Å². The first-order chi connectivity index (χ1) is 5.20. The molecule has 2 nitrogen and oxygen atoms in total. The zero-order chi connectivity index (χ0) is 7.90. The lowest BCUT2D eigenvalue weighted by molar-refractivity contribution is 0.147. The Morgan fingerprint density at radius 3 is 2.91 bits per heavy atom. The molecule has 11 heavy (non-hydrogen) atoms. The molecule has 0 aromatic rings. The summed E-state index contributed by atoms with van der Waals surface area (Å²) in [5.74, 6) is 0. The molecular formula is C8H14INO. The standard InChI is InChI=1S/C8H14INO/c1-10-3-2-8(5-10)4-7(9)11-6-8/h7H,2-6H2,1H3. The van der Waals surface area contributed by atoms with Gasteiger partial charge in [-0.05, 0) is 26.4 Å². The van der Waals surface area contributed by atoms with Crippen molar-refractivity contribution in [3.63, 3.8) is 0 Å². The maximum absolute atomic E-state index is 5.60. The van der Waals surface area contributed by atoms with E-state index in [-0.39, 0.29) is 0 Å². The lowest BCUT2D eigenvalue weighted by atomic mass is 9.87. The van der Waals surface area contributed by atoms with Gasteiger partial charge in [0.25, 0.3) is 0 Å². The molecule has 0 amide bonds. The monoisotopic (exact) mass is 267 g/mol. The topological polar surface area (TPSA) is 12.5 Å². The van der Waals surface area contributed by atoms with Crippen molar-refractivity contribution < 1.29 is 4.74 Å². The van der Waals surface area contributed by atoms with Crippen LogP contribution in [0, 0.1) is 5.41 Å². The van der Waals surface area contributed by atoms with E-state index in [2.05, 4.69) is 34.5 Å². The number of ether oxygens (including phenoxy) is 1. The van der Waals surface area contributed by atoms with E-state index < -0.39 is 0 Å². The highest BCUT2D eigenvalue weighted by atomic mass is 127. The molecule has 0 aromatic carbocycles. The molecule has 2 unspecified atom stereocenters. The Morgan fingerprint density at radius 1 is 1.64 bits per heavy atom. The first-order valence-corrected chi connectivity index (χ1v) is 5.39. The molecule has 2 aliphatic rings. The second-order valence-electron chi connectivity index (χ2n) is 3.91. The number of rotatable bonds is 0. The summed E-state index contributed by atoms with van der Waals surface area (Å²) >= 11 is 2.40. The van der Waals surface area contributed by atoms with Crippen molar-refractivity contribution in [3.05, 3.63) is 0 Å². The fourth-order valence-electron chi connectivity index (χ4n) is 2.17. The lowest BCUT2D eigenvalue weighted by Crippen LogP contribution is -2.25. The van der Waals surface area contributed by atoms with Crippen LogP contribution < -0.4 is 0 Å². The van der Waals surface area contributed by atoms with Crippen LogP contribution in [0.3, 0.4) is 0 Å². The Labute approximate surface area is 81.4 Å². The van der Waals surface area contributed by atoms with E-state index in [0.29, 0.717) is 9.53 Å². The van der Waals surface area contributed by atoms with Gasteiger partial charge in [-0.3, -0.25) is 0 Å². The van der Waals surface area contributed by atoms with Gasteiger partial charge in [-0.1, -0.05) is 22.6 Å². The predicted octanol–water partition coefficient (Wildman–Crippen LogP) is 1.49. The number of hydrogen-bond acceptors (Lipinski definition) is 2. The molecule has 2 atom stereocenters. The van der Waals surface area contributed by atoms with Crippen molar-refractivity contribution in [1.82, 2.24) is 4.90 Å². The minimum atomic E-state index is 0.471. The summed E-state index contributed by atoms with van der Waals surface area (Å²) in [4.78, 5) is 2.41. The van der Waals surface area contributed by atoms with Gasteiger partial charge in [0.05, 0.1) is 6.61 Å². The molecule has 64 valence electrons. The minimum Gasteiger partial charge on any atom is -0.367 e. The van der Waals surface area contributed by atoms with Crippen LogP contribution in [-0.4, -0.2) is 35.8 Å². The number of halogens is 1. The number of alkyl halides is 1. The van der Waals surface area contributed by atoms with Gasteiger partial charge < -0.3 is 9.64 Å². The maximum Gasteiger partial charge on any atom is 0.109 e. The smallest absolute Gasteiger partial charge is 0.109 e. The summed E-state index contributed by atoms with van der Waals surface area (Å²) in [6, 6.07) is 0. The summed E-state index contributed by atoms with van der Waals surface area (Å²) < 4.78 is 6.07. The molecule has 2 aliphatic heterocycles. The second-order valence-corrected chi connectivity index (χ2v) is 5.30. The molecule has 2 saturated heterocycles. The molecular weight excluding hydrogens is 253 g/mol. The van der Waals surface area contributed by atoms with Crippen molar-refractivity contribution in [2.45, 2.75) is 17.0 Å². The van der Waals surface area contributed by atoms with Crippen LogP contribution in [0.1, 0.15) is 12.8 Å². The first-order valence-electron chi connectivity index (χ1n) is 4.14. The molecule has 0 radical (unpaired) electrons. The second kappa shape index (κ2) is 2.85. The molecule has 0 N–H and O–H groups in total. The van der Waals surface area contributed by atoms with Crippen molar-refractivity contribution >= 4 is 22.6 Å². The van der Waals surface area contributed by atoms with Crippen LogP contribution in [0.15, 0.2) is 0 Å². The van der Waals surface area contributed by atoms with E-state index in [1.54, 1.807) is 0 Å². The highest BCUT2D eigenvalue weighted by Gasteiger charge is 2.43. The molecule has 0 bridgehead atoms. The van der Waals surface area contributed by atoms with Crippen LogP contribution in [0.4, 0.5) is 0 Å². The predicted molar refractivity (Wildman–Crippen MR) is 52.9 cm³/mol. The Kier molecular flexibility index (Phi) is 2.14. The molecule has 1 spiro atoms. The molecule has 0 saturated carbocycles. The van der Waals surface area contributed by atoms with E-state index in [0.717, 1.165) is 6.61 Å². The van der Waals surface area contributed by atoms with Gasteiger partial charge in [-0.2, -0.15) is 0 Å². The minimum absolute atomic E-state index is 0.471. The molecule has 2 fully saturated rings. The average molecular weight is 267 g/mol. The molecule has 2 heterocycles. The third-order valence-electron chi connectivity index (χ3n) is 2.79. The largest absolute Gasteiger partial charge is 0.367 e. The number of hydrogen-bond donors (Lipinski definition) is 0. The average Bonchev–Trinajstić information content (AvgIpc) is 2.44. The Morgan fingerprint density at radius 2 is 2.45 bits per heavy atom. The van der Waals surface area contributed by atoms with Crippen molar-refractivity contribution in [2.75, 3.05) is 26.7 Å². The summed E-state index contributed by atoms with van der Waals surface area (Å²) in [6.45, 7) is 3.49. The van der Waals surface area contributed by atoms with Crippen molar-refractivity contribution in [2.24, 2.45) is 5.41 Å². The third kappa shape index (κ3) is 1.55. The molecule has 0 aliphatic carbocycles. The third-order valence-corrected chi connectivity index (χ3v) is 3.59. The fraction of sp³-hybridized carbons (Fsp3) is 1.00. The van der Waals surface area contributed by atoms with Gasteiger partial charge in [-0.25, -0.2) is 0 Å². The maximum atomic E-state index is 5.60. The van der Waals surface area contributed by atoms with E-state index in [4.69, 9.17) is 4.74 Å². The van der Waals surface area contributed by atoms with Gasteiger partial charge in [0.2, 0.25) is 0 Å². The Bertz CT molecular complexity index is 144. The van der Waals surface area contributed by atoms with Crippen molar-refractivity contribution in [3.8, 4) is 0 Å². The van der Waals surface area contributed by atoms with Gasteiger partial charge in [0.15, 0.2) is 0 Å². The Balaban J connectivity index is 2.02. The highest BCUT2D eigenvalue weighted by Crippen LogP contribution is 2.42. The van der Waals surface area contributed by atoms with E-state index in [9.17, 15) is 0 Å². The summed E-state index contributed by atoms with van der Waals surface area (Å²) in [6.07, 6.45) is 2.60. The van der Waals surface area contributed by atoms with Crippen LogP contribution in [0.25, 0.3) is 0 Å². The molecule has 2 rings (SSSR count). The van der Waals surface area contributed by atoms with Crippen molar-refractivity contribution in [1.29, 1.82) is 0 Å². The number of likely N-dealkylation sites (tertiary alicyclic amines) is 1. The highest BCUT2D eigenvalue weighted by molar-refractivity contribution is 14.1. The quantitative estimate of drug-likeness (QED) is 0.487. The fourth-order valence-corrected chi connectivity index (χ4v) is 3.28. The zero-order valence-electron chi connectivity index (χ0n) is 6.85. The normalized spacial score (nSPS) is 45.8. The summed E-state index contributed by atoms with van der Waals surface area (Å²) in [5, 5.41) is 0. The van der Waals surface area contributed by atoms with Gasteiger partial charge >= 0.3 is 0 Å². The molecule has 3 heteroatoms. The van der Waals surface area contributed by atoms with Gasteiger partial charge in [-0.15, -0.1) is 0 Å². The van der Waals surface area contributed by atoms with Gasteiger partial charge in [0, 0.05) is 12.0 Å². The van der Waals surface area contributed by atoms with E-state index >= 15 is 0 Å². The zero-order valence-corrected chi connectivity index (χ0v) is 9.00. The van der Waals surface area contributed by atoms with E-state index in [1.807, 2.05) is 0 Å². The molecule has 0 aromatic heterocycles. The van der Waals surface area contributed by atoms with Crippen LogP contribution in [-0.2, 0) is 4.74 Å². The van der Waals surface area contributed by atoms with E-state index in [1.165, 1.54) is 25.9 Å². The van der Waals surface area contributed by atoms with Crippen LogP contribution in [0.2, 0.25) is 0 Å². The Hall–Kier alpha value is 0.650. The first kappa shape index (κ1) is 8.26. The summed E-state index contributed by atoms with van der Waals surface area (Å²) in [5.41, 5.74) is 0.528. The van der Waals surface area contributed by atoms with Crippen LogP contribution in [0.5, 0.6) is 0 Å². The number of nitrogens with zero attached hydrogens (tertiary/aromatic N) is 1.